The van der Waals surface area contributed by atoms with E-state index in [4.69, 9.17) is 20.1 Å². The van der Waals surface area contributed by atoms with Gasteiger partial charge in [0.25, 0.3) is 11.8 Å². The van der Waals surface area contributed by atoms with E-state index in [0.29, 0.717) is 22.1 Å². The molecule has 10 nitrogen and oxygen atoms in total. The standard InChI is InChI=1S/C20H24B2N4O6S/c1-13(19(27)25-23-11-15-3-7-17(8-4-15)21(29)30)33-14(2)20(28)26-24-12-16-5-9-18(10-6-16)22(31)32/h3-14,29-32H,1-2H3,(H,25,27)(H,26,28)/t13-,14-/m0/s1. The van der Waals surface area contributed by atoms with Gasteiger partial charge in [-0.15, -0.1) is 11.8 Å². The molecule has 0 aliphatic heterocycles. The molecule has 0 aromatic heterocycles. The second-order valence-corrected chi connectivity index (χ2v) is 8.66. The number of hydrogen-bond donors (Lipinski definition) is 6. The lowest BCUT2D eigenvalue weighted by molar-refractivity contribution is -0.120. The van der Waals surface area contributed by atoms with Crippen molar-refractivity contribution in [3.63, 3.8) is 0 Å². The molecular formula is C20H24B2N4O6S. The predicted octanol–water partition coefficient (Wildman–Crippen LogP) is -1.84. The van der Waals surface area contributed by atoms with Crippen LogP contribution in [-0.2, 0) is 9.59 Å². The number of nitrogens with one attached hydrogen (secondary N) is 2. The van der Waals surface area contributed by atoms with Crippen molar-refractivity contribution in [3.05, 3.63) is 59.7 Å². The van der Waals surface area contributed by atoms with E-state index in [1.807, 2.05) is 0 Å². The summed E-state index contributed by atoms with van der Waals surface area (Å²) in [4.78, 5) is 24.4. The fourth-order valence-electron chi connectivity index (χ4n) is 2.46. The first-order valence-electron chi connectivity index (χ1n) is 9.91. The average Bonchev–Trinajstić information content (AvgIpc) is 2.79. The minimum absolute atomic E-state index is 0.345. The first kappa shape index (κ1) is 26.3. The van der Waals surface area contributed by atoms with Crippen LogP contribution in [0.15, 0.2) is 58.7 Å². The zero-order chi connectivity index (χ0) is 24.4. The highest BCUT2D eigenvalue weighted by Gasteiger charge is 2.21. The van der Waals surface area contributed by atoms with Gasteiger partial charge < -0.3 is 20.1 Å². The number of carbonyl (C=O) groups excluding carboxylic acids is 2. The molecule has 172 valence electrons. The van der Waals surface area contributed by atoms with Gasteiger partial charge in [0.1, 0.15) is 0 Å². The Bertz CT molecular complexity index is 908. The van der Waals surface area contributed by atoms with Crippen molar-refractivity contribution in [1.29, 1.82) is 0 Å². The number of hydrazone groups is 2. The van der Waals surface area contributed by atoms with Gasteiger partial charge in [-0.05, 0) is 35.9 Å². The summed E-state index contributed by atoms with van der Waals surface area (Å²) in [5.74, 6) is -0.763. The molecule has 2 atom stereocenters. The topological polar surface area (TPSA) is 164 Å². The summed E-state index contributed by atoms with van der Waals surface area (Å²) in [6.07, 6.45) is 2.84. The molecule has 0 saturated heterocycles. The van der Waals surface area contributed by atoms with E-state index in [-0.39, 0.29) is 11.8 Å². The van der Waals surface area contributed by atoms with Crippen LogP contribution in [0.3, 0.4) is 0 Å². The van der Waals surface area contributed by atoms with Gasteiger partial charge in [-0.3, -0.25) is 9.59 Å². The highest BCUT2D eigenvalue weighted by molar-refractivity contribution is 8.01. The van der Waals surface area contributed by atoms with Crippen LogP contribution in [0.1, 0.15) is 25.0 Å². The number of rotatable bonds is 10. The van der Waals surface area contributed by atoms with Crippen molar-refractivity contribution >= 4 is 61.2 Å². The fraction of sp³-hybridized carbons (Fsp3) is 0.200. The van der Waals surface area contributed by atoms with Gasteiger partial charge in [-0.1, -0.05) is 48.5 Å². The maximum atomic E-state index is 12.2. The van der Waals surface area contributed by atoms with Crippen molar-refractivity contribution in [2.75, 3.05) is 0 Å². The van der Waals surface area contributed by atoms with Crippen LogP contribution in [0.5, 0.6) is 0 Å². The van der Waals surface area contributed by atoms with Crippen LogP contribution in [0.25, 0.3) is 0 Å². The molecule has 13 heteroatoms. The third-order valence-electron chi connectivity index (χ3n) is 4.39. The minimum atomic E-state index is -1.55. The molecule has 0 unspecified atom stereocenters. The molecule has 33 heavy (non-hydrogen) atoms. The molecule has 6 N–H and O–H groups in total. The normalized spacial score (nSPS) is 13.0. The van der Waals surface area contributed by atoms with Crippen molar-refractivity contribution in [3.8, 4) is 0 Å². The number of benzene rings is 2. The predicted molar refractivity (Wildman–Crippen MR) is 131 cm³/mol. The van der Waals surface area contributed by atoms with Gasteiger partial charge in [0, 0.05) is 0 Å². The maximum absolute atomic E-state index is 12.2. The number of hydrogen-bond acceptors (Lipinski definition) is 9. The Morgan fingerprint density at radius 2 is 1.09 bits per heavy atom. The van der Waals surface area contributed by atoms with E-state index in [0.717, 1.165) is 11.8 Å². The number of carbonyl (C=O) groups is 2. The largest absolute Gasteiger partial charge is 0.488 e. The maximum Gasteiger partial charge on any atom is 0.488 e. The van der Waals surface area contributed by atoms with E-state index >= 15 is 0 Å². The summed E-state index contributed by atoms with van der Waals surface area (Å²) >= 11 is 1.14. The number of thioether (sulfide) groups is 1. The van der Waals surface area contributed by atoms with E-state index in [1.165, 1.54) is 36.7 Å². The average molecular weight is 470 g/mol. The molecule has 2 aromatic rings. The Morgan fingerprint density at radius 1 is 0.758 bits per heavy atom. The lowest BCUT2D eigenvalue weighted by Crippen LogP contribution is -2.33. The molecule has 0 bridgehead atoms. The smallest absolute Gasteiger partial charge is 0.423 e. The first-order valence-corrected chi connectivity index (χ1v) is 10.8. The van der Waals surface area contributed by atoms with Crippen LogP contribution in [0.4, 0.5) is 0 Å². The van der Waals surface area contributed by atoms with E-state index in [2.05, 4.69) is 21.1 Å². The Hall–Kier alpha value is -2.96. The van der Waals surface area contributed by atoms with Crippen LogP contribution < -0.4 is 21.8 Å². The van der Waals surface area contributed by atoms with Crippen LogP contribution >= 0.6 is 11.8 Å². The summed E-state index contributed by atoms with van der Waals surface area (Å²) < 4.78 is 0. The molecule has 0 radical (unpaired) electrons. The van der Waals surface area contributed by atoms with Gasteiger partial charge in [0.15, 0.2) is 0 Å². The molecule has 0 fully saturated rings. The van der Waals surface area contributed by atoms with Crippen LogP contribution in [0.2, 0.25) is 0 Å². The third-order valence-corrected chi connectivity index (χ3v) is 5.64. The summed E-state index contributed by atoms with van der Waals surface area (Å²) in [5.41, 5.74) is 6.82. The molecular weight excluding hydrogens is 446 g/mol. The Kier molecular flexibility index (Phi) is 10.3. The first-order chi connectivity index (χ1) is 15.7. The van der Waals surface area contributed by atoms with Gasteiger partial charge in [0.05, 0.1) is 22.9 Å². The van der Waals surface area contributed by atoms with Crippen molar-refractivity contribution in [2.45, 2.75) is 24.3 Å². The lowest BCUT2D eigenvalue weighted by atomic mass is 9.80. The van der Waals surface area contributed by atoms with Gasteiger partial charge >= 0.3 is 14.2 Å². The van der Waals surface area contributed by atoms with E-state index < -0.39 is 24.7 Å². The second-order valence-electron chi connectivity index (χ2n) is 6.97. The second kappa shape index (κ2) is 12.9. The zero-order valence-electron chi connectivity index (χ0n) is 18.0. The van der Waals surface area contributed by atoms with Crippen molar-refractivity contribution in [2.24, 2.45) is 10.2 Å². The summed E-state index contributed by atoms with van der Waals surface area (Å²) in [6, 6.07) is 12.6. The Morgan fingerprint density at radius 3 is 1.39 bits per heavy atom. The molecule has 2 aromatic carbocycles. The molecule has 0 aliphatic rings. The fourth-order valence-corrected chi connectivity index (χ4v) is 3.43. The molecule has 2 amide bonds. The van der Waals surface area contributed by atoms with Gasteiger partial charge in [0.2, 0.25) is 0 Å². The van der Waals surface area contributed by atoms with Gasteiger partial charge in [-0.25, -0.2) is 10.9 Å². The van der Waals surface area contributed by atoms with Crippen LogP contribution in [0, 0.1) is 0 Å². The number of nitrogens with zero attached hydrogens (tertiary/aromatic N) is 2. The monoisotopic (exact) mass is 470 g/mol. The van der Waals surface area contributed by atoms with Gasteiger partial charge in [-0.2, -0.15) is 10.2 Å². The van der Waals surface area contributed by atoms with E-state index in [1.54, 1.807) is 38.1 Å². The van der Waals surface area contributed by atoms with Crippen LogP contribution in [-0.4, -0.2) is 69.1 Å². The third kappa shape index (κ3) is 8.83. The molecule has 2 rings (SSSR count). The SMILES string of the molecule is C[C@H](S[C@@H](C)C(=O)NN=Cc1ccc(B(O)O)cc1)C(=O)NN=Cc1ccc(B(O)O)cc1. The zero-order valence-corrected chi connectivity index (χ0v) is 18.8. The molecule has 0 saturated carbocycles. The highest BCUT2D eigenvalue weighted by atomic mass is 32.2. The molecule has 0 heterocycles. The van der Waals surface area contributed by atoms with Crippen molar-refractivity contribution < 1.29 is 29.7 Å². The molecule has 0 aliphatic carbocycles. The number of amides is 2. The Balaban J connectivity index is 1.77. The Labute approximate surface area is 196 Å². The lowest BCUT2D eigenvalue weighted by Gasteiger charge is -2.14. The highest BCUT2D eigenvalue weighted by Crippen LogP contribution is 2.17. The minimum Gasteiger partial charge on any atom is -0.423 e. The van der Waals surface area contributed by atoms with E-state index in [9.17, 15) is 9.59 Å². The summed E-state index contributed by atoms with van der Waals surface area (Å²) in [7, 11) is -3.10. The summed E-state index contributed by atoms with van der Waals surface area (Å²) in [6.45, 7) is 3.30. The summed E-state index contributed by atoms with van der Waals surface area (Å²) in [5, 5.41) is 42.9. The quantitative estimate of drug-likeness (QED) is 0.135. The van der Waals surface area contributed by atoms with Crippen molar-refractivity contribution in [1.82, 2.24) is 10.9 Å². The molecule has 0 spiro atoms.